The number of aromatic nitrogens is 2. The third-order valence-corrected chi connectivity index (χ3v) is 5.06. The summed E-state index contributed by atoms with van der Waals surface area (Å²) in [5.41, 5.74) is 4.31. The largest absolute Gasteiger partial charge is 0.352 e. The van der Waals surface area contributed by atoms with Crippen LogP contribution in [0.15, 0.2) is 48.8 Å². The number of carbonyl (C=O) groups excluding carboxylic acids is 1. The summed E-state index contributed by atoms with van der Waals surface area (Å²) in [5.74, 6) is -0.247. The highest BCUT2D eigenvalue weighted by Crippen LogP contribution is 2.27. The van der Waals surface area contributed by atoms with Crippen molar-refractivity contribution in [3.05, 3.63) is 71.0 Å². The molecule has 3 N–H and O–H groups in total. The Morgan fingerprint density at radius 1 is 1.22 bits per heavy atom. The van der Waals surface area contributed by atoms with E-state index in [4.69, 9.17) is 5.41 Å². The Morgan fingerprint density at radius 3 is 2.56 bits per heavy atom. The molecule has 0 radical (unpaired) electrons. The van der Waals surface area contributed by atoms with Crippen LogP contribution in [-0.2, 0) is 5.54 Å². The minimum absolute atomic E-state index is 0.0310. The Hall–Kier alpha value is -3.92. The van der Waals surface area contributed by atoms with Gasteiger partial charge in [0.1, 0.15) is 0 Å². The predicted octanol–water partition coefficient (Wildman–Crippen LogP) is 5.63. The molecule has 1 aromatic heterocycles. The van der Waals surface area contributed by atoms with Crippen molar-refractivity contribution in [2.45, 2.75) is 46.1 Å². The molecule has 0 spiro atoms. The first-order valence-electron chi connectivity index (χ1n) is 10.4. The second-order valence-electron chi connectivity index (χ2n) is 8.90. The molecule has 0 bridgehead atoms. The summed E-state index contributed by atoms with van der Waals surface area (Å²) < 4.78 is 1.86. The van der Waals surface area contributed by atoms with Gasteiger partial charge >= 0.3 is 0 Å². The van der Waals surface area contributed by atoms with Crippen molar-refractivity contribution in [3.8, 4) is 6.07 Å². The van der Waals surface area contributed by atoms with Gasteiger partial charge in [-0.1, -0.05) is 19.9 Å². The molecule has 0 unspecified atom stereocenters. The first-order chi connectivity index (χ1) is 15.1. The lowest BCUT2D eigenvalue weighted by Crippen LogP contribution is -2.21. The molecule has 0 saturated heterocycles. The van der Waals surface area contributed by atoms with Crippen molar-refractivity contribution < 1.29 is 4.79 Å². The number of hydrogen-bond acceptors (Lipinski definition) is 5. The molecule has 0 aliphatic carbocycles. The number of nitrogens with one attached hydrogen (secondary N) is 3. The van der Waals surface area contributed by atoms with E-state index in [1.165, 1.54) is 6.21 Å². The van der Waals surface area contributed by atoms with Gasteiger partial charge in [0, 0.05) is 34.9 Å². The van der Waals surface area contributed by atoms with Gasteiger partial charge in [0.15, 0.2) is 0 Å². The summed E-state index contributed by atoms with van der Waals surface area (Å²) in [6.45, 7) is 10.1. The van der Waals surface area contributed by atoms with Crippen molar-refractivity contribution in [1.82, 2.24) is 9.78 Å². The van der Waals surface area contributed by atoms with E-state index in [0.717, 1.165) is 11.3 Å². The van der Waals surface area contributed by atoms with Gasteiger partial charge in [0.05, 0.1) is 29.1 Å². The zero-order chi connectivity index (χ0) is 23.5. The molecule has 7 heteroatoms. The van der Waals surface area contributed by atoms with Crippen molar-refractivity contribution in [2.24, 2.45) is 0 Å². The number of hydrogen-bond donors (Lipinski definition) is 3. The molecule has 0 aliphatic rings. The Labute approximate surface area is 188 Å². The van der Waals surface area contributed by atoms with Crippen LogP contribution in [-0.4, -0.2) is 21.9 Å². The van der Waals surface area contributed by atoms with E-state index in [0.29, 0.717) is 28.1 Å². The molecule has 7 nitrogen and oxygen atoms in total. The Kier molecular flexibility index (Phi) is 6.45. The summed E-state index contributed by atoms with van der Waals surface area (Å²) >= 11 is 0. The number of anilines is 3. The Morgan fingerprint density at radius 2 is 1.97 bits per heavy atom. The highest BCUT2D eigenvalue weighted by molar-refractivity contribution is 6.06. The van der Waals surface area contributed by atoms with E-state index in [1.807, 2.05) is 24.7 Å². The first-order valence-corrected chi connectivity index (χ1v) is 10.4. The van der Waals surface area contributed by atoms with Gasteiger partial charge in [-0.3, -0.25) is 9.48 Å². The molecule has 164 valence electrons. The summed E-state index contributed by atoms with van der Waals surface area (Å²) in [6.07, 6.45) is 4.89. The molecule has 32 heavy (non-hydrogen) atoms. The topological polar surface area (TPSA) is 107 Å². The van der Waals surface area contributed by atoms with Crippen LogP contribution in [0.3, 0.4) is 0 Å². The van der Waals surface area contributed by atoms with Crippen LogP contribution in [0.2, 0.25) is 0 Å². The van der Waals surface area contributed by atoms with E-state index in [2.05, 4.69) is 42.6 Å². The van der Waals surface area contributed by atoms with E-state index in [-0.39, 0.29) is 17.4 Å². The fraction of sp³-hybridized carbons (Fsp3) is 0.280. The highest BCUT2D eigenvalue weighted by atomic mass is 16.1. The number of nitriles is 1. The van der Waals surface area contributed by atoms with Crippen molar-refractivity contribution in [1.29, 1.82) is 10.7 Å². The van der Waals surface area contributed by atoms with E-state index < -0.39 is 0 Å². The molecule has 3 rings (SSSR count). The van der Waals surface area contributed by atoms with Crippen LogP contribution in [0, 0.1) is 16.7 Å². The van der Waals surface area contributed by atoms with Gasteiger partial charge in [-0.15, -0.1) is 0 Å². The maximum Gasteiger partial charge on any atom is 0.255 e. The van der Waals surface area contributed by atoms with Crippen molar-refractivity contribution >= 4 is 29.2 Å². The van der Waals surface area contributed by atoms with Crippen molar-refractivity contribution in [2.75, 3.05) is 10.6 Å². The van der Waals surface area contributed by atoms with Crippen LogP contribution >= 0.6 is 0 Å². The van der Waals surface area contributed by atoms with Crippen LogP contribution in [0.4, 0.5) is 17.1 Å². The number of benzene rings is 2. The molecule has 1 heterocycles. The number of carbonyl (C=O) groups is 1. The summed E-state index contributed by atoms with van der Waals surface area (Å²) in [5, 5.41) is 27.8. The fourth-order valence-corrected chi connectivity index (χ4v) is 3.46. The van der Waals surface area contributed by atoms with E-state index in [9.17, 15) is 10.1 Å². The predicted molar refractivity (Wildman–Crippen MR) is 128 cm³/mol. The van der Waals surface area contributed by atoms with Crippen LogP contribution < -0.4 is 10.6 Å². The van der Waals surface area contributed by atoms with Gasteiger partial charge < -0.3 is 16.0 Å². The summed E-state index contributed by atoms with van der Waals surface area (Å²) in [7, 11) is 0. The molecule has 2 aromatic carbocycles. The SMILES string of the molecule is CC(C)c1c(C#N)cccc1C(=O)Nc1ccc(C=N)c(Nc2cnn(C(C)(C)C)c2)c1. The molecule has 0 atom stereocenters. The third kappa shape index (κ3) is 4.86. The average Bonchev–Trinajstić information content (AvgIpc) is 3.22. The molecule has 3 aromatic rings. The average molecular weight is 429 g/mol. The van der Waals surface area contributed by atoms with Crippen molar-refractivity contribution in [3.63, 3.8) is 0 Å². The fourth-order valence-electron chi connectivity index (χ4n) is 3.46. The maximum atomic E-state index is 13.0. The minimum atomic E-state index is -0.278. The van der Waals surface area contributed by atoms with Gasteiger partial charge in [-0.25, -0.2) is 0 Å². The molecular weight excluding hydrogens is 400 g/mol. The molecular formula is C25H28N6O. The maximum absolute atomic E-state index is 13.0. The summed E-state index contributed by atoms with van der Waals surface area (Å²) in [4.78, 5) is 13.0. The minimum Gasteiger partial charge on any atom is -0.352 e. The van der Waals surface area contributed by atoms with E-state index >= 15 is 0 Å². The first kappa shape index (κ1) is 22.8. The molecule has 0 aliphatic heterocycles. The Bertz CT molecular complexity index is 1190. The van der Waals surface area contributed by atoms with Crippen LogP contribution in [0.1, 0.15) is 67.6 Å². The van der Waals surface area contributed by atoms with E-state index in [1.54, 1.807) is 42.6 Å². The zero-order valence-corrected chi connectivity index (χ0v) is 19.0. The quantitative estimate of drug-likeness (QED) is 0.442. The van der Waals surface area contributed by atoms with Gasteiger partial charge in [-0.2, -0.15) is 10.4 Å². The standard InChI is InChI=1S/C25H28N6O/c1-16(2)23-18(13-27)7-6-8-21(23)24(32)30-19-10-9-17(12-26)22(11-19)29-20-14-28-31(15-20)25(3,4)5/h6-12,14-16,26,29H,1-5H3,(H,30,32). The van der Waals surface area contributed by atoms with Crippen LogP contribution in [0.25, 0.3) is 0 Å². The van der Waals surface area contributed by atoms with Gasteiger partial charge in [-0.05, 0) is 62.6 Å². The lowest BCUT2D eigenvalue weighted by Gasteiger charge is -2.18. The highest BCUT2D eigenvalue weighted by Gasteiger charge is 2.18. The third-order valence-electron chi connectivity index (χ3n) is 5.06. The lowest BCUT2D eigenvalue weighted by molar-refractivity contribution is 0.102. The molecule has 0 fully saturated rings. The van der Waals surface area contributed by atoms with Gasteiger partial charge in [0.25, 0.3) is 5.91 Å². The molecule has 0 saturated carbocycles. The Balaban J connectivity index is 1.89. The van der Waals surface area contributed by atoms with Crippen LogP contribution in [0.5, 0.6) is 0 Å². The second-order valence-corrected chi connectivity index (χ2v) is 8.90. The zero-order valence-electron chi connectivity index (χ0n) is 19.0. The lowest BCUT2D eigenvalue weighted by atomic mass is 9.92. The molecule has 1 amide bonds. The monoisotopic (exact) mass is 428 g/mol. The normalized spacial score (nSPS) is 11.2. The summed E-state index contributed by atoms with van der Waals surface area (Å²) in [6, 6.07) is 12.7. The second kappa shape index (κ2) is 9.06. The van der Waals surface area contributed by atoms with Gasteiger partial charge in [0.2, 0.25) is 0 Å². The number of nitrogens with zero attached hydrogens (tertiary/aromatic N) is 3. The number of amides is 1. The smallest absolute Gasteiger partial charge is 0.255 e. The number of rotatable bonds is 6.